The average Bonchev–Trinajstić information content (AvgIpc) is 3.19. The number of carboxylic acids is 1. The Morgan fingerprint density at radius 1 is 1.26 bits per heavy atom. The van der Waals surface area contributed by atoms with Crippen LogP contribution >= 0.6 is 11.8 Å². The van der Waals surface area contributed by atoms with E-state index in [1.54, 1.807) is 7.11 Å². The van der Waals surface area contributed by atoms with Crippen LogP contribution in [0.3, 0.4) is 0 Å². The summed E-state index contributed by atoms with van der Waals surface area (Å²) in [6.45, 7) is 0.690. The van der Waals surface area contributed by atoms with Crippen molar-refractivity contribution >= 4 is 28.5 Å². The minimum atomic E-state index is -0.815. The lowest BCUT2D eigenvalue weighted by atomic mass is 10.1. The third-order valence-electron chi connectivity index (χ3n) is 4.08. The van der Waals surface area contributed by atoms with Gasteiger partial charge >= 0.3 is 12.0 Å². The minimum absolute atomic E-state index is 0.250. The van der Waals surface area contributed by atoms with Gasteiger partial charge in [0.15, 0.2) is 0 Å². The molecule has 0 radical (unpaired) electrons. The number of rotatable bonds is 8. The number of methoxy groups -OCH3 is 2. The van der Waals surface area contributed by atoms with E-state index >= 15 is 0 Å². The molecular formula is C19H21N3O4S. The zero-order valence-corrected chi connectivity index (χ0v) is 16.0. The Balaban J connectivity index is 1.65. The number of aliphatic carboxylic acids is 1. The summed E-state index contributed by atoms with van der Waals surface area (Å²) in [5, 5.41) is 12.0. The molecule has 2 aromatic rings. The number of carboxylic acid groups (broad SMARTS) is 1. The molecule has 0 bridgehead atoms. The van der Waals surface area contributed by atoms with Crippen LogP contribution in [0, 0.1) is 0 Å². The van der Waals surface area contributed by atoms with E-state index in [2.05, 4.69) is 15.3 Å². The SMILES string of the molecule is COc1ccc(CCNc2cc(C3=CCC(C(=O)O)S3)nc(OC)n2)cc1. The van der Waals surface area contributed by atoms with Crippen LogP contribution in [0.1, 0.15) is 17.7 Å². The predicted molar refractivity (Wildman–Crippen MR) is 105 cm³/mol. The largest absolute Gasteiger partial charge is 0.497 e. The molecule has 1 aliphatic rings. The van der Waals surface area contributed by atoms with Crippen LogP contribution in [-0.4, -0.2) is 47.1 Å². The first-order valence-corrected chi connectivity index (χ1v) is 9.37. The van der Waals surface area contributed by atoms with Crippen molar-refractivity contribution in [1.29, 1.82) is 0 Å². The lowest BCUT2D eigenvalue weighted by molar-refractivity contribution is -0.136. The number of nitrogens with zero attached hydrogens (tertiary/aromatic N) is 2. The van der Waals surface area contributed by atoms with Crippen LogP contribution in [0.4, 0.5) is 5.82 Å². The Kier molecular flexibility index (Phi) is 6.18. The Labute approximate surface area is 161 Å². The highest BCUT2D eigenvalue weighted by Crippen LogP contribution is 2.39. The summed E-state index contributed by atoms with van der Waals surface area (Å²) in [5.74, 6) is 0.662. The van der Waals surface area contributed by atoms with E-state index in [0.717, 1.165) is 17.1 Å². The second-order valence-electron chi connectivity index (χ2n) is 5.90. The maximum absolute atomic E-state index is 11.2. The summed E-state index contributed by atoms with van der Waals surface area (Å²) < 4.78 is 10.4. The summed E-state index contributed by atoms with van der Waals surface area (Å²) in [6.07, 6.45) is 3.21. The number of anilines is 1. The Morgan fingerprint density at radius 3 is 2.67 bits per heavy atom. The molecule has 1 atom stereocenters. The molecule has 27 heavy (non-hydrogen) atoms. The molecule has 142 valence electrons. The Bertz CT molecular complexity index is 839. The number of ether oxygens (including phenoxy) is 2. The monoisotopic (exact) mass is 387 g/mol. The van der Waals surface area contributed by atoms with Gasteiger partial charge in [0.25, 0.3) is 0 Å². The number of thioether (sulfide) groups is 1. The lowest BCUT2D eigenvalue weighted by Gasteiger charge is -2.10. The molecule has 2 N–H and O–H groups in total. The molecule has 0 saturated carbocycles. The molecule has 0 aliphatic carbocycles. The summed E-state index contributed by atoms with van der Waals surface area (Å²) in [5.41, 5.74) is 1.85. The number of nitrogens with one attached hydrogen (secondary N) is 1. The van der Waals surface area contributed by atoms with Gasteiger partial charge in [-0.2, -0.15) is 9.97 Å². The maximum Gasteiger partial charge on any atom is 0.318 e. The number of hydrogen-bond acceptors (Lipinski definition) is 7. The smallest absolute Gasteiger partial charge is 0.318 e. The molecule has 1 aromatic heterocycles. The number of aromatic nitrogens is 2. The van der Waals surface area contributed by atoms with E-state index in [1.165, 1.54) is 24.4 Å². The van der Waals surface area contributed by atoms with Crippen LogP contribution in [0.15, 0.2) is 36.4 Å². The lowest BCUT2D eigenvalue weighted by Crippen LogP contribution is -2.12. The van der Waals surface area contributed by atoms with Crippen molar-refractivity contribution in [3.63, 3.8) is 0 Å². The topological polar surface area (TPSA) is 93.6 Å². The molecule has 7 nitrogen and oxygen atoms in total. The van der Waals surface area contributed by atoms with E-state index < -0.39 is 11.2 Å². The summed E-state index contributed by atoms with van der Waals surface area (Å²) in [6, 6.07) is 9.99. The number of allylic oxidation sites excluding steroid dienone is 1. The molecule has 3 rings (SSSR count). The maximum atomic E-state index is 11.2. The zero-order chi connectivity index (χ0) is 19.2. The van der Waals surface area contributed by atoms with Crippen LogP contribution in [0.25, 0.3) is 4.91 Å². The van der Waals surface area contributed by atoms with Crippen LogP contribution < -0.4 is 14.8 Å². The van der Waals surface area contributed by atoms with Crippen molar-refractivity contribution in [2.75, 3.05) is 26.1 Å². The highest BCUT2D eigenvalue weighted by atomic mass is 32.2. The zero-order valence-electron chi connectivity index (χ0n) is 15.1. The average molecular weight is 387 g/mol. The fourth-order valence-electron chi connectivity index (χ4n) is 2.64. The van der Waals surface area contributed by atoms with Crippen molar-refractivity contribution in [2.24, 2.45) is 0 Å². The van der Waals surface area contributed by atoms with Gasteiger partial charge < -0.3 is 19.9 Å². The molecule has 1 unspecified atom stereocenters. The van der Waals surface area contributed by atoms with E-state index in [4.69, 9.17) is 14.6 Å². The fraction of sp³-hybridized carbons (Fsp3) is 0.316. The third kappa shape index (κ3) is 4.91. The molecular weight excluding hydrogens is 366 g/mol. The van der Waals surface area contributed by atoms with Gasteiger partial charge in [-0.3, -0.25) is 4.79 Å². The second-order valence-corrected chi connectivity index (χ2v) is 7.14. The van der Waals surface area contributed by atoms with Crippen molar-refractivity contribution in [3.8, 4) is 11.8 Å². The first-order valence-electron chi connectivity index (χ1n) is 8.49. The van der Waals surface area contributed by atoms with E-state index in [1.807, 2.05) is 36.4 Å². The predicted octanol–water partition coefficient (Wildman–Crippen LogP) is 3.08. The normalized spacial score (nSPS) is 15.9. The molecule has 0 fully saturated rings. The van der Waals surface area contributed by atoms with Crippen molar-refractivity contribution in [1.82, 2.24) is 9.97 Å². The number of carbonyl (C=O) groups is 1. The minimum Gasteiger partial charge on any atom is -0.497 e. The Morgan fingerprint density at radius 2 is 2.04 bits per heavy atom. The fourth-order valence-corrected chi connectivity index (χ4v) is 3.66. The highest BCUT2D eigenvalue weighted by molar-refractivity contribution is 8.09. The summed E-state index contributed by atoms with van der Waals surface area (Å²) in [4.78, 5) is 20.7. The highest BCUT2D eigenvalue weighted by Gasteiger charge is 2.26. The van der Waals surface area contributed by atoms with Gasteiger partial charge in [0, 0.05) is 17.5 Å². The summed E-state index contributed by atoms with van der Waals surface area (Å²) in [7, 11) is 3.16. The van der Waals surface area contributed by atoms with Crippen LogP contribution in [-0.2, 0) is 11.2 Å². The molecule has 0 saturated heterocycles. The standard InChI is InChI=1S/C19H21N3O4S/c1-25-13-5-3-12(4-6-13)9-10-20-17-11-14(21-19(22-17)26-2)15-7-8-16(27-15)18(23)24/h3-7,11,16H,8-10H2,1-2H3,(H,23,24)(H,20,21,22). The van der Waals surface area contributed by atoms with Gasteiger partial charge in [-0.1, -0.05) is 18.2 Å². The first-order chi connectivity index (χ1) is 13.1. The van der Waals surface area contributed by atoms with Crippen molar-refractivity contribution in [2.45, 2.75) is 18.1 Å². The van der Waals surface area contributed by atoms with Crippen LogP contribution in [0.5, 0.6) is 11.8 Å². The van der Waals surface area contributed by atoms with Gasteiger partial charge in [0.2, 0.25) is 0 Å². The molecule has 0 amide bonds. The second kappa shape index (κ2) is 8.77. The molecule has 2 heterocycles. The first kappa shape index (κ1) is 19.0. The number of hydrogen-bond donors (Lipinski definition) is 2. The van der Waals surface area contributed by atoms with Crippen LogP contribution in [0.2, 0.25) is 0 Å². The molecule has 8 heteroatoms. The van der Waals surface area contributed by atoms with Gasteiger partial charge in [0.05, 0.1) is 19.9 Å². The van der Waals surface area contributed by atoms with E-state index in [-0.39, 0.29) is 6.01 Å². The molecule has 1 aromatic carbocycles. The number of benzene rings is 1. The van der Waals surface area contributed by atoms with E-state index in [0.29, 0.717) is 24.5 Å². The van der Waals surface area contributed by atoms with Gasteiger partial charge in [-0.05, 0) is 30.5 Å². The quantitative estimate of drug-likeness (QED) is 0.714. The van der Waals surface area contributed by atoms with E-state index in [9.17, 15) is 4.79 Å². The molecule has 0 spiro atoms. The van der Waals surface area contributed by atoms with Gasteiger partial charge in [-0.15, -0.1) is 11.8 Å². The summed E-state index contributed by atoms with van der Waals surface area (Å²) >= 11 is 1.30. The van der Waals surface area contributed by atoms with Crippen molar-refractivity contribution in [3.05, 3.63) is 47.7 Å². The van der Waals surface area contributed by atoms with Gasteiger partial charge in [-0.25, -0.2) is 0 Å². The third-order valence-corrected chi connectivity index (χ3v) is 5.39. The van der Waals surface area contributed by atoms with Gasteiger partial charge in [0.1, 0.15) is 16.8 Å². The molecule has 1 aliphatic heterocycles. The Hall–Kier alpha value is -2.74. The van der Waals surface area contributed by atoms with Crippen molar-refractivity contribution < 1.29 is 19.4 Å².